The SMILES string of the molecule is CCOc1ccc(NC(=O)[C@@H]2CCCC[C@@H]2C(=O)[O-])cc1. The fourth-order valence-corrected chi connectivity index (χ4v) is 2.76. The van der Waals surface area contributed by atoms with E-state index in [1.807, 2.05) is 6.92 Å². The van der Waals surface area contributed by atoms with Crippen molar-refractivity contribution in [2.45, 2.75) is 32.6 Å². The second-order valence-corrected chi connectivity index (χ2v) is 5.26. The number of amides is 1. The Kier molecular flexibility index (Phi) is 5.20. The van der Waals surface area contributed by atoms with Gasteiger partial charge < -0.3 is 20.0 Å². The molecule has 0 radical (unpaired) electrons. The van der Waals surface area contributed by atoms with Crippen molar-refractivity contribution in [3.8, 4) is 5.75 Å². The number of hydrogen-bond donors (Lipinski definition) is 1. The molecule has 0 aliphatic heterocycles. The van der Waals surface area contributed by atoms with Gasteiger partial charge >= 0.3 is 0 Å². The van der Waals surface area contributed by atoms with E-state index in [1.165, 1.54) is 0 Å². The molecular formula is C16H20NO4-. The Morgan fingerprint density at radius 3 is 2.38 bits per heavy atom. The summed E-state index contributed by atoms with van der Waals surface area (Å²) in [6, 6.07) is 7.05. The fraction of sp³-hybridized carbons (Fsp3) is 0.500. The molecule has 0 saturated heterocycles. The Morgan fingerprint density at radius 2 is 1.81 bits per heavy atom. The lowest BCUT2D eigenvalue weighted by Crippen LogP contribution is -2.42. The van der Waals surface area contributed by atoms with Crippen LogP contribution in [0.1, 0.15) is 32.6 Å². The van der Waals surface area contributed by atoms with Gasteiger partial charge in [0, 0.05) is 23.5 Å². The number of hydrogen-bond acceptors (Lipinski definition) is 4. The Labute approximate surface area is 124 Å². The molecule has 5 nitrogen and oxygen atoms in total. The van der Waals surface area contributed by atoms with Crippen molar-refractivity contribution in [3.63, 3.8) is 0 Å². The first-order chi connectivity index (χ1) is 10.1. The monoisotopic (exact) mass is 290 g/mol. The second-order valence-electron chi connectivity index (χ2n) is 5.26. The number of ether oxygens (including phenoxy) is 1. The van der Waals surface area contributed by atoms with E-state index >= 15 is 0 Å². The average Bonchev–Trinajstić information content (AvgIpc) is 2.49. The van der Waals surface area contributed by atoms with Gasteiger partial charge in [0.25, 0.3) is 0 Å². The number of carbonyl (C=O) groups excluding carboxylic acids is 2. The number of carboxylic acids is 1. The molecule has 0 aromatic heterocycles. The first kappa shape index (κ1) is 15.4. The van der Waals surface area contributed by atoms with Gasteiger partial charge in [-0.15, -0.1) is 0 Å². The summed E-state index contributed by atoms with van der Waals surface area (Å²) in [5.41, 5.74) is 0.645. The molecule has 1 saturated carbocycles. The topological polar surface area (TPSA) is 78.5 Å². The molecule has 5 heteroatoms. The van der Waals surface area contributed by atoms with Crippen LogP contribution in [0, 0.1) is 11.8 Å². The normalized spacial score (nSPS) is 21.6. The minimum absolute atomic E-state index is 0.243. The predicted octanol–water partition coefficient (Wildman–Crippen LogP) is 1.58. The number of rotatable bonds is 5. The number of carboxylic acid groups (broad SMARTS) is 1. The van der Waals surface area contributed by atoms with Gasteiger partial charge in [-0.2, -0.15) is 0 Å². The molecule has 0 spiro atoms. The highest BCUT2D eigenvalue weighted by Crippen LogP contribution is 2.30. The van der Waals surface area contributed by atoms with Gasteiger partial charge in [-0.25, -0.2) is 0 Å². The van der Waals surface area contributed by atoms with Gasteiger partial charge in [0.1, 0.15) is 5.75 Å². The largest absolute Gasteiger partial charge is 0.550 e. The lowest BCUT2D eigenvalue weighted by atomic mass is 9.78. The first-order valence-electron chi connectivity index (χ1n) is 7.36. The van der Waals surface area contributed by atoms with E-state index in [9.17, 15) is 14.7 Å². The van der Waals surface area contributed by atoms with Crippen LogP contribution in [-0.4, -0.2) is 18.5 Å². The highest BCUT2D eigenvalue weighted by molar-refractivity contribution is 5.95. The van der Waals surface area contributed by atoms with Crippen molar-refractivity contribution in [1.29, 1.82) is 0 Å². The van der Waals surface area contributed by atoms with Gasteiger partial charge in [-0.05, 0) is 44.0 Å². The van der Waals surface area contributed by atoms with Crippen molar-refractivity contribution in [3.05, 3.63) is 24.3 Å². The third-order valence-corrected chi connectivity index (χ3v) is 3.84. The van der Waals surface area contributed by atoms with Crippen LogP contribution in [0.4, 0.5) is 5.69 Å². The van der Waals surface area contributed by atoms with Crippen LogP contribution < -0.4 is 15.2 Å². The number of aliphatic carboxylic acids is 1. The summed E-state index contributed by atoms with van der Waals surface area (Å²) < 4.78 is 5.33. The minimum Gasteiger partial charge on any atom is -0.550 e. The Morgan fingerprint density at radius 1 is 1.19 bits per heavy atom. The van der Waals surface area contributed by atoms with Crippen LogP contribution >= 0.6 is 0 Å². The molecular weight excluding hydrogens is 270 g/mol. The number of carbonyl (C=O) groups is 2. The standard InChI is InChI=1S/C16H21NO4/c1-2-21-12-9-7-11(8-10-12)17-15(18)13-5-3-4-6-14(13)16(19)20/h7-10,13-14H,2-6H2,1H3,(H,17,18)(H,19,20)/p-1/t13-,14+/m1/s1. The number of nitrogens with one attached hydrogen (secondary N) is 1. The highest BCUT2D eigenvalue weighted by Gasteiger charge is 2.31. The smallest absolute Gasteiger partial charge is 0.228 e. The van der Waals surface area contributed by atoms with Crippen LogP contribution in [-0.2, 0) is 9.59 Å². The summed E-state index contributed by atoms with van der Waals surface area (Å²) >= 11 is 0. The molecule has 1 N–H and O–H groups in total. The molecule has 114 valence electrons. The van der Waals surface area contributed by atoms with E-state index in [4.69, 9.17) is 4.74 Å². The van der Waals surface area contributed by atoms with E-state index in [-0.39, 0.29) is 5.91 Å². The third-order valence-electron chi connectivity index (χ3n) is 3.84. The van der Waals surface area contributed by atoms with E-state index in [2.05, 4.69) is 5.32 Å². The summed E-state index contributed by atoms with van der Waals surface area (Å²) in [5.74, 6) is -1.81. The molecule has 21 heavy (non-hydrogen) atoms. The van der Waals surface area contributed by atoms with Crippen LogP contribution in [0.15, 0.2) is 24.3 Å². The third kappa shape index (κ3) is 3.97. The van der Waals surface area contributed by atoms with E-state index in [0.717, 1.165) is 18.6 Å². The zero-order valence-corrected chi connectivity index (χ0v) is 12.1. The molecule has 2 rings (SSSR count). The minimum atomic E-state index is -1.12. The summed E-state index contributed by atoms with van der Waals surface area (Å²) in [6.45, 7) is 2.49. The number of benzene rings is 1. The maximum Gasteiger partial charge on any atom is 0.228 e. The quantitative estimate of drug-likeness (QED) is 0.893. The molecule has 1 aromatic carbocycles. The molecule has 1 fully saturated rings. The van der Waals surface area contributed by atoms with Crippen LogP contribution in [0.2, 0.25) is 0 Å². The molecule has 0 bridgehead atoms. The molecule has 0 heterocycles. The summed E-state index contributed by atoms with van der Waals surface area (Å²) in [6.07, 6.45) is 2.84. The second kappa shape index (κ2) is 7.11. The molecule has 2 atom stereocenters. The van der Waals surface area contributed by atoms with Crippen LogP contribution in [0.3, 0.4) is 0 Å². The van der Waals surface area contributed by atoms with Gasteiger partial charge in [0.05, 0.1) is 6.61 Å². The summed E-state index contributed by atoms with van der Waals surface area (Å²) in [5, 5.41) is 13.9. The lowest BCUT2D eigenvalue weighted by molar-refractivity contribution is -0.313. The van der Waals surface area contributed by atoms with Crippen molar-refractivity contribution >= 4 is 17.6 Å². The van der Waals surface area contributed by atoms with E-state index in [1.54, 1.807) is 24.3 Å². The Balaban J connectivity index is 2.00. The highest BCUT2D eigenvalue weighted by atomic mass is 16.5. The Hall–Kier alpha value is -2.04. The van der Waals surface area contributed by atoms with E-state index in [0.29, 0.717) is 25.1 Å². The zero-order chi connectivity index (χ0) is 15.2. The number of anilines is 1. The van der Waals surface area contributed by atoms with Gasteiger partial charge in [0.2, 0.25) is 5.91 Å². The molecule has 1 aliphatic carbocycles. The zero-order valence-electron chi connectivity index (χ0n) is 12.1. The summed E-state index contributed by atoms with van der Waals surface area (Å²) in [7, 11) is 0. The Bertz CT molecular complexity index is 498. The van der Waals surface area contributed by atoms with Crippen molar-refractivity contribution in [2.24, 2.45) is 11.8 Å². The molecule has 1 aromatic rings. The van der Waals surface area contributed by atoms with E-state index < -0.39 is 17.8 Å². The lowest BCUT2D eigenvalue weighted by Gasteiger charge is -2.31. The maximum atomic E-state index is 12.3. The van der Waals surface area contributed by atoms with Gasteiger partial charge in [-0.1, -0.05) is 12.8 Å². The van der Waals surface area contributed by atoms with Gasteiger partial charge in [-0.3, -0.25) is 4.79 Å². The average molecular weight is 290 g/mol. The first-order valence-corrected chi connectivity index (χ1v) is 7.36. The van der Waals surface area contributed by atoms with Crippen LogP contribution in [0.5, 0.6) is 5.75 Å². The van der Waals surface area contributed by atoms with Gasteiger partial charge in [0.15, 0.2) is 0 Å². The molecule has 0 unspecified atom stereocenters. The predicted molar refractivity (Wildman–Crippen MR) is 76.7 cm³/mol. The summed E-state index contributed by atoms with van der Waals surface area (Å²) in [4.78, 5) is 23.4. The van der Waals surface area contributed by atoms with Crippen LogP contribution in [0.25, 0.3) is 0 Å². The maximum absolute atomic E-state index is 12.3. The van der Waals surface area contributed by atoms with Crippen molar-refractivity contribution in [2.75, 3.05) is 11.9 Å². The van der Waals surface area contributed by atoms with Crippen molar-refractivity contribution < 1.29 is 19.4 Å². The fourth-order valence-electron chi connectivity index (χ4n) is 2.76. The molecule has 1 aliphatic rings. The van der Waals surface area contributed by atoms with Crippen molar-refractivity contribution in [1.82, 2.24) is 0 Å². The molecule has 1 amide bonds.